The van der Waals surface area contributed by atoms with Gasteiger partial charge in [-0.25, -0.2) is 0 Å². The Kier molecular flexibility index (Phi) is 2.77. The van der Waals surface area contributed by atoms with Gasteiger partial charge in [0.25, 0.3) is 0 Å². The molecule has 1 saturated heterocycles. The molecule has 0 aromatic rings. The fourth-order valence-electron chi connectivity index (χ4n) is 1.27. The summed E-state index contributed by atoms with van der Waals surface area (Å²) in [7, 11) is 0. The van der Waals surface area contributed by atoms with Crippen LogP contribution in [0.15, 0.2) is 0 Å². The van der Waals surface area contributed by atoms with Gasteiger partial charge >= 0.3 is 0 Å². The monoisotopic (exact) mass is 138 g/mol. The molecule has 1 aliphatic rings. The summed E-state index contributed by atoms with van der Waals surface area (Å²) in [6, 6.07) is 0. The van der Waals surface area contributed by atoms with Crippen molar-refractivity contribution in [1.82, 2.24) is 0 Å². The fourth-order valence-corrected chi connectivity index (χ4v) is 1.27. The van der Waals surface area contributed by atoms with Crippen LogP contribution < -0.4 is 0 Å². The van der Waals surface area contributed by atoms with Crippen molar-refractivity contribution in [2.75, 3.05) is 6.61 Å². The van der Waals surface area contributed by atoms with Crippen molar-refractivity contribution in [2.45, 2.75) is 32.3 Å². The number of terminal acetylenes is 1. The third kappa shape index (κ3) is 1.75. The Morgan fingerprint density at radius 2 is 2.40 bits per heavy atom. The van der Waals surface area contributed by atoms with Crippen LogP contribution >= 0.6 is 0 Å². The highest BCUT2D eigenvalue weighted by Gasteiger charge is 2.18. The first-order valence-corrected chi connectivity index (χ1v) is 3.92. The normalized spacial score (nSPS) is 29.0. The van der Waals surface area contributed by atoms with Crippen LogP contribution in [0.25, 0.3) is 0 Å². The van der Waals surface area contributed by atoms with E-state index in [1.807, 2.05) is 0 Å². The SMILES string of the molecule is C#CC(C)C1CCCCO1. The Labute approximate surface area is 62.8 Å². The highest BCUT2D eigenvalue weighted by Crippen LogP contribution is 2.18. The summed E-state index contributed by atoms with van der Waals surface area (Å²) >= 11 is 0. The smallest absolute Gasteiger partial charge is 0.0709 e. The molecule has 1 heterocycles. The summed E-state index contributed by atoms with van der Waals surface area (Å²) < 4.78 is 5.49. The highest BCUT2D eigenvalue weighted by molar-refractivity contribution is 4.95. The molecule has 0 aromatic heterocycles. The number of rotatable bonds is 1. The summed E-state index contributed by atoms with van der Waals surface area (Å²) in [5.41, 5.74) is 0. The van der Waals surface area contributed by atoms with Crippen LogP contribution in [0.4, 0.5) is 0 Å². The van der Waals surface area contributed by atoms with E-state index in [1.54, 1.807) is 0 Å². The van der Waals surface area contributed by atoms with Crippen molar-refractivity contribution in [3.63, 3.8) is 0 Å². The lowest BCUT2D eigenvalue weighted by Crippen LogP contribution is -2.24. The number of hydrogen-bond acceptors (Lipinski definition) is 1. The lowest BCUT2D eigenvalue weighted by molar-refractivity contribution is -0.00265. The van der Waals surface area contributed by atoms with Gasteiger partial charge in [0.05, 0.1) is 6.10 Å². The minimum Gasteiger partial charge on any atom is -0.377 e. The summed E-state index contributed by atoms with van der Waals surface area (Å²) in [5.74, 6) is 3.00. The largest absolute Gasteiger partial charge is 0.377 e. The first-order valence-electron chi connectivity index (χ1n) is 3.92. The molecular weight excluding hydrogens is 124 g/mol. The maximum Gasteiger partial charge on any atom is 0.0709 e. The summed E-state index contributed by atoms with van der Waals surface area (Å²) in [4.78, 5) is 0. The van der Waals surface area contributed by atoms with Crippen molar-refractivity contribution in [3.8, 4) is 12.3 Å². The van der Waals surface area contributed by atoms with Gasteiger partial charge in [0.1, 0.15) is 0 Å². The van der Waals surface area contributed by atoms with E-state index in [9.17, 15) is 0 Å². The van der Waals surface area contributed by atoms with Crippen LogP contribution in [-0.2, 0) is 4.74 Å². The van der Waals surface area contributed by atoms with Gasteiger partial charge in [0.2, 0.25) is 0 Å². The standard InChI is InChI=1S/C9H14O/c1-3-8(2)9-6-4-5-7-10-9/h1,8-9H,4-7H2,2H3. The molecule has 0 spiro atoms. The Hall–Kier alpha value is -0.480. The molecule has 10 heavy (non-hydrogen) atoms. The average molecular weight is 138 g/mol. The average Bonchev–Trinajstić information content (AvgIpc) is 2.05. The topological polar surface area (TPSA) is 9.23 Å². The van der Waals surface area contributed by atoms with Crippen LogP contribution in [0.1, 0.15) is 26.2 Å². The molecule has 1 heteroatoms. The van der Waals surface area contributed by atoms with E-state index in [4.69, 9.17) is 11.2 Å². The Bertz CT molecular complexity index is 128. The van der Waals surface area contributed by atoms with E-state index < -0.39 is 0 Å². The van der Waals surface area contributed by atoms with Crippen molar-refractivity contribution in [3.05, 3.63) is 0 Å². The van der Waals surface area contributed by atoms with Crippen LogP contribution in [0, 0.1) is 18.3 Å². The second kappa shape index (κ2) is 3.63. The Morgan fingerprint density at radius 1 is 1.60 bits per heavy atom. The number of ether oxygens (including phenoxy) is 1. The highest BCUT2D eigenvalue weighted by atomic mass is 16.5. The molecule has 56 valence electrons. The van der Waals surface area contributed by atoms with Crippen LogP contribution in [-0.4, -0.2) is 12.7 Å². The van der Waals surface area contributed by atoms with E-state index >= 15 is 0 Å². The zero-order chi connectivity index (χ0) is 7.40. The van der Waals surface area contributed by atoms with Gasteiger partial charge in [0, 0.05) is 12.5 Å². The van der Waals surface area contributed by atoms with Crippen molar-refractivity contribution in [2.24, 2.45) is 5.92 Å². The van der Waals surface area contributed by atoms with E-state index in [-0.39, 0.29) is 0 Å². The minimum atomic E-state index is 0.292. The molecule has 1 nitrogen and oxygen atoms in total. The van der Waals surface area contributed by atoms with E-state index in [0.717, 1.165) is 13.0 Å². The Morgan fingerprint density at radius 3 is 2.90 bits per heavy atom. The van der Waals surface area contributed by atoms with Gasteiger partial charge in [0.15, 0.2) is 0 Å². The molecule has 0 amide bonds. The van der Waals surface area contributed by atoms with Crippen LogP contribution in [0.2, 0.25) is 0 Å². The Balaban J connectivity index is 2.33. The fraction of sp³-hybridized carbons (Fsp3) is 0.778. The van der Waals surface area contributed by atoms with E-state index in [2.05, 4.69) is 12.8 Å². The zero-order valence-electron chi connectivity index (χ0n) is 6.47. The second-order valence-corrected chi connectivity index (χ2v) is 2.86. The third-order valence-electron chi connectivity index (χ3n) is 2.04. The van der Waals surface area contributed by atoms with Crippen molar-refractivity contribution < 1.29 is 4.74 Å². The van der Waals surface area contributed by atoms with E-state index in [1.165, 1.54) is 12.8 Å². The zero-order valence-corrected chi connectivity index (χ0v) is 6.47. The van der Waals surface area contributed by atoms with Crippen molar-refractivity contribution in [1.29, 1.82) is 0 Å². The molecular formula is C9H14O. The molecule has 1 fully saturated rings. The van der Waals surface area contributed by atoms with Gasteiger partial charge in [-0.05, 0) is 26.2 Å². The number of hydrogen-bond donors (Lipinski definition) is 0. The van der Waals surface area contributed by atoms with Gasteiger partial charge in [-0.1, -0.05) is 0 Å². The first kappa shape index (κ1) is 7.63. The van der Waals surface area contributed by atoms with Gasteiger partial charge < -0.3 is 4.74 Å². The third-order valence-corrected chi connectivity index (χ3v) is 2.04. The molecule has 0 radical (unpaired) electrons. The molecule has 0 aromatic carbocycles. The minimum absolute atomic E-state index is 0.292. The molecule has 0 bridgehead atoms. The summed E-state index contributed by atoms with van der Waals surface area (Å²) in [6.45, 7) is 2.95. The molecule has 0 aliphatic carbocycles. The lowest BCUT2D eigenvalue weighted by atomic mass is 9.98. The summed E-state index contributed by atoms with van der Waals surface area (Å²) in [5, 5.41) is 0. The second-order valence-electron chi connectivity index (χ2n) is 2.86. The molecule has 2 unspecified atom stereocenters. The maximum absolute atomic E-state index is 5.49. The predicted octanol–water partition coefficient (Wildman–Crippen LogP) is 1.82. The van der Waals surface area contributed by atoms with Crippen LogP contribution in [0.5, 0.6) is 0 Å². The summed E-state index contributed by atoms with van der Waals surface area (Å²) in [6.07, 6.45) is 9.23. The van der Waals surface area contributed by atoms with Gasteiger partial charge in [-0.2, -0.15) is 0 Å². The molecule has 1 aliphatic heterocycles. The first-order chi connectivity index (χ1) is 4.84. The van der Waals surface area contributed by atoms with Gasteiger partial charge in [-0.15, -0.1) is 12.3 Å². The molecule has 0 N–H and O–H groups in total. The van der Waals surface area contributed by atoms with Gasteiger partial charge in [-0.3, -0.25) is 0 Å². The lowest BCUT2D eigenvalue weighted by Gasteiger charge is -2.24. The predicted molar refractivity (Wildman–Crippen MR) is 41.6 cm³/mol. The molecule has 0 saturated carbocycles. The van der Waals surface area contributed by atoms with E-state index in [0.29, 0.717) is 12.0 Å². The quantitative estimate of drug-likeness (QED) is 0.502. The maximum atomic E-state index is 5.49. The molecule has 2 atom stereocenters. The van der Waals surface area contributed by atoms with Crippen molar-refractivity contribution >= 4 is 0 Å². The van der Waals surface area contributed by atoms with Crippen LogP contribution in [0.3, 0.4) is 0 Å². The molecule has 1 rings (SSSR count).